The average molecular weight is 399 g/mol. The van der Waals surface area contributed by atoms with Crippen molar-refractivity contribution in [2.24, 2.45) is 0 Å². The molecule has 2 aromatic carbocycles. The van der Waals surface area contributed by atoms with Gasteiger partial charge in [0.25, 0.3) is 0 Å². The fraction of sp³-hybridized carbons (Fsp3) is 0.250. The Hall–Kier alpha value is -2.74. The molecule has 0 amide bonds. The van der Waals surface area contributed by atoms with E-state index >= 15 is 0 Å². The Morgan fingerprint density at radius 1 is 1.00 bits per heavy atom. The number of hydrogen-bond acceptors (Lipinski definition) is 4. The van der Waals surface area contributed by atoms with Gasteiger partial charge < -0.3 is 0 Å². The molecule has 0 fully saturated rings. The van der Waals surface area contributed by atoms with Crippen LogP contribution in [-0.2, 0) is 0 Å². The third kappa shape index (κ3) is 3.28. The number of aryl methyl sites for hydroxylation is 2. The smallest absolute Gasteiger partial charge is 0.274 e. The third-order valence-corrected chi connectivity index (χ3v) is 5.56. The molecule has 2 aromatic heterocycles. The van der Waals surface area contributed by atoms with Crippen molar-refractivity contribution in [2.75, 3.05) is 0 Å². The summed E-state index contributed by atoms with van der Waals surface area (Å²) in [5.41, 5.74) is 3.05. The SMILES string of the molecule is Cc1cccc(-n2c(C)nnc2S[C@H](C)c2nc3ccccc3n2C(F)F)c1. The Morgan fingerprint density at radius 3 is 2.54 bits per heavy atom. The zero-order valence-corrected chi connectivity index (χ0v) is 16.5. The minimum absolute atomic E-state index is 0.317. The molecule has 0 N–H and O–H groups in total. The van der Waals surface area contributed by atoms with Gasteiger partial charge in [-0.2, -0.15) is 8.78 Å². The zero-order chi connectivity index (χ0) is 19.8. The first kappa shape index (κ1) is 18.6. The number of hydrogen-bond donors (Lipinski definition) is 0. The highest BCUT2D eigenvalue weighted by Gasteiger charge is 2.24. The number of alkyl halides is 2. The summed E-state index contributed by atoms with van der Waals surface area (Å²) in [4.78, 5) is 4.46. The lowest BCUT2D eigenvalue weighted by atomic mass is 10.2. The molecular formula is C20H19F2N5S. The summed E-state index contributed by atoms with van der Waals surface area (Å²) in [6.07, 6.45) is 0. The lowest BCUT2D eigenvalue weighted by Gasteiger charge is -2.15. The first-order valence-electron chi connectivity index (χ1n) is 8.86. The van der Waals surface area contributed by atoms with E-state index in [9.17, 15) is 8.78 Å². The van der Waals surface area contributed by atoms with Crippen LogP contribution in [0.15, 0.2) is 53.7 Å². The molecule has 0 bridgehead atoms. The van der Waals surface area contributed by atoms with Crippen LogP contribution >= 0.6 is 11.8 Å². The lowest BCUT2D eigenvalue weighted by molar-refractivity contribution is 0.0715. The van der Waals surface area contributed by atoms with Gasteiger partial charge in [-0.05, 0) is 50.6 Å². The quantitative estimate of drug-likeness (QED) is 0.417. The van der Waals surface area contributed by atoms with Crippen LogP contribution in [0.4, 0.5) is 8.78 Å². The Kier molecular flexibility index (Phi) is 4.89. The van der Waals surface area contributed by atoms with E-state index in [2.05, 4.69) is 15.2 Å². The Morgan fingerprint density at radius 2 is 1.79 bits per heavy atom. The summed E-state index contributed by atoms with van der Waals surface area (Å²) < 4.78 is 30.5. The first-order valence-corrected chi connectivity index (χ1v) is 9.74. The Labute approximate surface area is 165 Å². The van der Waals surface area contributed by atoms with Gasteiger partial charge in [0.1, 0.15) is 11.6 Å². The topological polar surface area (TPSA) is 48.5 Å². The molecule has 1 atom stereocenters. The van der Waals surface area contributed by atoms with Crippen molar-refractivity contribution in [3.05, 3.63) is 65.7 Å². The molecule has 0 saturated carbocycles. The van der Waals surface area contributed by atoms with Crippen LogP contribution in [0.3, 0.4) is 0 Å². The third-order valence-electron chi connectivity index (χ3n) is 4.52. The monoisotopic (exact) mass is 399 g/mol. The van der Waals surface area contributed by atoms with E-state index < -0.39 is 6.55 Å². The van der Waals surface area contributed by atoms with Crippen molar-refractivity contribution in [1.29, 1.82) is 0 Å². The standard InChI is InChI=1S/C20H19F2N5S/c1-12-7-6-8-15(11-12)26-14(3)24-25-20(26)28-13(2)18-23-16-9-4-5-10-17(16)27(18)19(21)22/h4-11,13,19H,1-3H3/t13-/m1/s1. The lowest BCUT2D eigenvalue weighted by Crippen LogP contribution is -2.07. The minimum Gasteiger partial charge on any atom is -0.274 e. The molecular weight excluding hydrogens is 380 g/mol. The van der Waals surface area contributed by atoms with Crippen LogP contribution < -0.4 is 0 Å². The minimum atomic E-state index is -2.66. The number of fused-ring (bicyclic) bond motifs is 1. The van der Waals surface area contributed by atoms with E-state index in [4.69, 9.17) is 0 Å². The number of imidazole rings is 1. The summed E-state index contributed by atoms with van der Waals surface area (Å²) in [6.45, 7) is 3.08. The molecule has 2 heterocycles. The number of benzene rings is 2. The van der Waals surface area contributed by atoms with Crippen molar-refractivity contribution in [3.8, 4) is 5.69 Å². The molecule has 0 aliphatic carbocycles. The van der Waals surface area contributed by atoms with Crippen molar-refractivity contribution >= 4 is 22.8 Å². The summed E-state index contributed by atoms with van der Waals surface area (Å²) in [5.74, 6) is 1.06. The van der Waals surface area contributed by atoms with Gasteiger partial charge in [0.05, 0.1) is 16.3 Å². The Balaban J connectivity index is 1.74. The molecule has 0 spiro atoms. The van der Waals surface area contributed by atoms with Crippen LogP contribution in [0, 0.1) is 13.8 Å². The van der Waals surface area contributed by atoms with Gasteiger partial charge in [0.2, 0.25) is 0 Å². The van der Waals surface area contributed by atoms with Crippen molar-refractivity contribution in [3.63, 3.8) is 0 Å². The maximum atomic E-state index is 13.8. The molecule has 4 rings (SSSR count). The first-order chi connectivity index (χ1) is 13.5. The summed E-state index contributed by atoms with van der Waals surface area (Å²) >= 11 is 1.36. The fourth-order valence-corrected chi connectivity index (χ4v) is 4.27. The molecule has 4 aromatic rings. The Bertz CT molecular complexity index is 1130. The van der Waals surface area contributed by atoms with Gasteiger partial charge in [-0.25, -0.2) is 4.98 Å². The van der Waals surface area contributed by atoms with Crippen LogP contribution in [0.25, 0.3) is 16.7 Å². The molecule has 28 heavy (non-hydrogen) atoms. The van der Waals surface area contributed by atoms with Gasteiger partial charge in [-0.15, -0.1) is 10.2 Å². The molecule has 0 radical (unpaired) electrons. The van der Waals surface area contributed by atoms with Crippen LogP contribution in [0.1, 0.15) is 35.9 Å². The van der Waals surface area contributed by atoms with E-state index in [1.165, 1.54) is 11.8 Å². The molecule has 5 nitrogen and oxygen atoms in total. The van der Waals surface area contributed by atoms with Crippen molar-refractivity contribution < 1.29 is 8.78 Å². The number of halogens is 2. The van der Waals surface area contributed by atoms with E-state index in [0.717, 1.165) is 21.6 Å². The molecule has 0 saturated heterocycles. The normalized spacial score (nSPS) is 12.8. The second-order valence-corrected chi connectivity index (χ2v) is 7.88. The number of thioether (sulfide) groups is 1. The fourth-order valence-electron chi connectivity index (χ4n) is 3.25. The van der Waals surface area contributed by atoms with Crippen molar-refractivity contribution in [2.45, 2.75) is 37.7 Å². The molecule has 0 aliphatic heterocycles. The van der Waals surface area contributed by atoms with Gasteiger partial charge >= 0.3 is 6.55 Å². The van der Waals surface area contributed by atoms with E-state index in [1.807, 2.05) is 49.6 Å². The maximum Gasteiger partial charge on any atom is 0.320 e. The number of nitrogens with zero attached hydrogens (tertiary/aromatic N) is 5. The molecule has 0 unspecified atom stereocenters. The number of aromatic nitrogens is 5. The number of rotatable bonds is 5. The average Bonchev–Trinajstić information content (AvgIpc) is 3.22. The predicted molar refractivity (Wildman–Crippen MR) is 106 cm³/mol. The highest BCUT2D eigenvalue weighted by molar-refractivity contribution is 7.99. The molecule has 144 valence electrons. The highest BCUT2D eigenvalue weighted by atomic mass is 32.2. The maximum absolute atomic E-state index is 13.8. The van der Waals surface area contributed by atoms with E-state index in [0.29, 0.717) is 22.0 Å². The molecule has 0 aliphatic rings. The van der Waals surface area contributed by atoms with Crippen LogP contribution in [0.5, 0.6) is 0 Å². The predicted octanol–water partition coefficient (Wildman–Crippen LogP) is 5.48. The van der Waals surface area contributed by atoms with Gasteiger partial charge in [0, 0.05) is 5.69 Å². The largest absolute Gasteiger partial charge is 0.320 e. The van der Waals surface area contributed by atoms with Crippen LogP contribution in [-0.4, -0.2) is 24.3 Å². The highest BCUT2D eigenvalue weighted by Crippen LogP contribution is 2.37. The molecule has 8 heteroatoms. The summed E-state index contributed by atoms with van der Waals surface area (Å²) in [6, 6.07) is 14.9. The number of para-hydroxylation sites is 2. The van der Waals surface area contributed by atoms with Gasteiger partial charge in [0.15, 0.2) is 5.16 Å². The second kappa shape index (κ2) is 7.35. The second-order valence-electron chi connectivity index (χ2n) is 6.57. The summed E-state index contributed by atoms with van der Waals surface area (Å²) in [7, 11) is 0. The van der Waals surface area contributed by atoms with Crippen molar-refractivity contribution in [1.82, 2.24) is 24.3 Å². The van der Waals surface area contributed by atoms with E-state index in [-0.39, 0.29) is 5.25 Å². The van der Waals surface area contributed by atoms with Crippen LogP contribution in [0.2, 0.25) is 0 Å². The van der Waals surface area contributed by atoms with Gasteiger partial charge in [-0.3, -0.25) is 9.13 Å². The van der Waals surface area contributed by atoms with Gasteiger partial charge in [-0.1, -0.05) is 36.0 Å². The zero-order valence-electron chi connectivity index (χ0n) is 15.7. The van der Waals surface area contributed by atoms with E-state index in [1.54, 1.807) is 24.3 Å². The summed E-state index contributed by atoms with van der Waals surface area (Å²) in [5, 5.41) is 8.76.